The van der Waals surface area contributed by atoms with Gasteiger partial charge in [-0.15, -0.1) is 0 Å². The summed E-state index contributed by atoms with van der Waals surface area (Å²) < 4.78 is 12.9. The minimum atomic E-state index is -0.0148. The highest BCUT2D eigenvalue weighted by Crippen LogP contribution is 2.40. The Morgan fingerprint density at radius 3 is 2.52 bits per heavy atom. The van der Waals surface area contributed by atoms with Gasteiger partial charge in [0.25, 0.3) is 0 Å². The SMILES string of the molecule is COc1ccc(C2(NCc3cn(CC(=O)N4CCOCC4)c4ccccc34)CCCC2)cc1. The quantitative estimate of drug-likeness (QED) is 0.593. The van der Waals surface area contributed by atoms with Gasteiger partial charge in [-0.05, 0) is 42.2 Å². The number of benzene rings is 2. The third-order valence-corrected chi connectivity index (χ3v) is 7.26. The summed E-state index contributed by atoms with van der Waals surface area (Å²) in [7, 11) is 1.71. The van der Waals surface area contributed by atoms with Crippen LogP contribution in [0.3, 0.4) is 0 Å². The second kappa shape index (κ2) is 9.57. The number of nitrogens with one attached hydrogen (secondary N) is 1. The molecular weight excluding hydrogens is 414 g/mol. The van der Waals surface area contributed by atoms with E-state index < -0.39 is 0 Å². The fourth-order valence-electron chi connectivity index (χ4n) is 5.37. The molecule has 0 atom stereocenters. The van der Waals surface area contributed by atoms with Gasteiger partial charge in [0.1, 0.15) is 12.3 Å². The van der Waals surface area contributed by atoms with Crippen LogP contribution < -0.4 is 10.1 Å². The largest absolute Gasteiger partial charge is 0.497 e. The number of carbonyl (C=O) groups excluding carboxylic acids is 1. The number of rotatable bonds is 7. The first-order chi connectivity index (χ1) is 16.2. The molecule has 1 amide bonds. The van der Waals surface area contributed by atoms with E-state index in [2.05, 4.69) is 58.5 Å². The summed E-state index contributed by atoms with van der Waals surface area (Å²) in [5.74, 6) is 1.05. The van der Waals surface area contributed by atoms with Crippen molar-refractivity contribution in [3.63, 3.8) is 0 Å². The lowest BCUT2D eigenvalue weighted by Crippen LogP contribution is -2.42. The molecule has 174 valence electrons. The fraction of sp³-hybridized carbons (Fsp3) is 0.444. The lowest BCUT2D eigenvalue weighted by atomic mass is 9.88. The smallest absolute Gasteiger partial charge is 0.242 e. The molecule has 1 aliphatic heterocycles. The van der Waals surface area contributed by atoms with Crippen LogP contribution in [-0.4, -0.2) is 48.8 Å². The van der Waals surface area contributed by atoms with Crippen molar-refractivity contribution in [1.82, 2.24) is 14.8 Å². The minimum absolute atomic E-state index is 0.0148. The molecule has 1 aliphatic carbocycles. The van der Waals surface area contributed by atoms with Crippen molar-refractivity contribution in [1.29, 1.82) is 0 Å². The second-order valence-electron chi connectivity index (χ2n) is 9.16. The molecule has 2 aliphatic rings. The number of aromatic nitrogens is 1. The summed E-state index contributed by atoms with van der Waals surface area (Å²) in [6.07, 6.45) is 6.89. The number of hydrogen-bond donors (Lipinski definition) is 1. The highest BCUT2D eigenvalue weighted by molar-refractivity contribution is 5.86. The zero-order chi connectivity index (χ0) is 22.7. The number of para-hydroxylation sites is 1. The summed E-state index contributed by atoms with van der Waals surface area (Å²) in [4.78, 5) is 14.8. The average Bonchev–Trinajstić information content (AvgIpc) is 3.49. The molecule has 1 saturated carbocycles. The maximum atomic E-state index is 12.9. The molecule has 1 N–H and O–H groups in total. The van der Waals surface area contributed by atoms with Crippen LogP contribution in [0.15, 0.2) is 54.7 Å². The Hall–Kier alpha value is -2.83. The topological polar surface area (TPSA) is 55.7 Å². The number of carbonyl (C=O) groups is 1. The van der Waals surface area contributed by atoms with Crippen LogP contribution >= 0.6 is 0 Å². The molecule has 2 aromatic carbocycles. The first-order valence-corrected chi connectivity index (χ1v) is 12.0. The number of hydrogen-bond acceptors (Lipinski definition) is 4. The number of ether oxygens (including phenoxy) is 2. The standard InChI is InChI=1S/C27H33N3O3/c1-32-23-10-8-22(9-11-23)27(12-4-5-13-27)28-18-21-19-30(25-7-3-2-6-24(21)25)20-26(31)29-14-16-33-17-15-29/h2-3,6-11,19,28H,4-5,12-18,20H2,1H3. The normalized spacial score (nSPS) is 18.0. The summed E-state index contributed by atoms with van der Waals surface area (Å²) in [6.45, 7) is 3.74. The molecule has 0 unspecified atom stereocenters. The summed E-state index contributed by atoms with van der Waals surface area (Å²) in [5, 5.41) is 5.13. The minimum Gasteiger partial charge on any atom is -0.497 e. The Labute approximate surface area is 195 Å². The van der Waals surface area contributed by atoms with Crippen LogP contribution in [0, 0.1) is 0 Å². The van der Waals surface area contributed by atoms with Gasteiger partial charge in [-0.25, -0.2) is 0 Å². The number of amides is 1. The number of methoxy groups -OCH3 is 1. The van der Waals surface area contributed by atoms with Crippen molar-refractivity contribution < 1.29 is 14.3 Å². The van der Waals surface area contributed by atoms with Crippen LogP contribution in [0.5, 0.6) is 5.75 Å². The first-order valence-electron chi connectivity index (χ1n) is 12.0. The van der Waals surface area contributed by atoms with E-state index in [1.807, 2.05) is 11.0 Å². The summed E-state index contributed by atoms with van der Waals surface area (Å²) in [6, 6.07) is 16.9. The van der Waals surface area contributed by atoms with E-state index >= 15 is 0 Å². The van der Waals surface area contributed by atoms with Gasteiger partial charge in [0.2, 0.25) is 5.91 Å². The molecular formula is C27H33N3O3. The molecule has 1 saturated heterocycles. The van der Waals surface area contributed by atoms with Crippen molar-refractivity contribution in [3.8, 4) is 5.75 Å². The van der Waals surface area contributed by atoms with Crippen molar-refractivity contribution in [2.75, 3.05) is 33.4 Å². The van der Waals surface area contributed by atoms with Gasteiger partial charge in [0, 0.05) is 42.3 Å². The molecule has 33 heavy (non-hydrogen) atoms. The van der Waals surface area contributed by atoms with Gasteiger partial charge < -0.3 is 24.3 Å². The maximum Gasteiger partial charge on any atom is 0.242 e. The van der Waals surface area contributed by atoms with Crippen molar-refractivity contribution in [2.45, 2.75) is 44.3 Å². The van der Waals surface area contributed by atoms with Crippen LogP contribution in [0.4, 0.5) is 0 Å². The number of nitrogens with zero attached hydrogens (tertiary/aromatic N) is 2. The Bertz CT molecular complexity index is 1090. The van der Waals surface area contributed by atoms with E-state index in [9.17, 15) is 4.79 Å². The van der Waals surface area contributed by atoms with E-state index in [0.29, 0.717) is 32.8 Å². The van der Waals surface area contributed by atoms with E-state index in [1.165, 1.54) is 29.4 Å². The molecule has 0 spiro atoms. The van der Waals surface area contributed by atoms with E-state index in [-0.39, 0.29) is 11.4 Å². The molecule has 5 rings (SSSR count). The Balaban J connectivity index is 1.37. The van der Waals surface area contributed by atoms with Gasteiger partial charge in [-0.1, -0.05) is 43.2 Å². The van der Waals surface area contributed by atoms with Gasteiger partial charge >= 0.3 is 0 Å². The van der Waals surface area contributed by atoms with Gasteiger partial charge in [-0.2, -0.15) is 0 Å². The van der Waals surface area contributed by atoms with Crippen LogP contribution in [0.2, 0.25) is 0 Å². The lowest BCUT2D eigenvalue weighted by Gasteiger charge is -2.31. The van der Waals surface area contributed by atoms with Crippen LogP contribution in [0.25, 0.3) is 10.9 Å². The first kappa shape index (κ1) is 22.0. The van der Waals surface area contributed by atoms with Crippen molar-refractivity contribution in [3.05, 3.63) is 65.9 Å². The molecule has 6 heteroatoms. The molecule has 3 aromatic rings. The third-order valence-electron chi connectivity index (χ3n) is 7.26. The van der Waals surface area contributed by atoms with E-state index in [4.69, 9.17) is 9.47 Å². The van der Waals surface area contributed by atoms with Gasteiger partial charge in [0.05, 0.1) is 20.3 Å². The maximum absolute atomic E-state index is 12.9. The zero-order valence-electron chi connectivity index (χ0n) is 19.4. The highest BCUT2D eigenvalue weighted by Gasteiger charge is 2.35. The predicted molar refractivity (Wildman–Crippen MR) is 129 cm³/mol. The molecule has 0 radical (unpaired) electrons. The molecule has 2 fully saturated rings. The van der Waals surface area contributed by atoms with Crippen LogP contribution in [-0.2, 0) is 28.2 Å². The third kappa shape index (κ3) is 4.50. The summed E-state index contributed by atoms with van der Waals surface area (Å²) >= 11 is 0. The van der Waals surface area contributed by atoms with E-state index in [1.54, 1.807) is 7.11 Å². The summed E-state index contributed by atoms with van der Waals surface area (Å²) in [5.41, 5.74) is 3.66. The van der Waals surface area contributed by atoms with Gasteiger partial charge in [0.15, 0.2) is 0 Å². The zero-order valence-corrected chi connectivity index (χ0v) is 19.4. The highest BCUT2D eigenvalue weighted by atomic mass is 16.5. The second-order valence-corrected chi connectivity index (χ2v) is 9.16. The molecule has 0 bridgehead atoms. The number of morpholine rings is 1. The molecule has 1 aromatic heterocycles. The van der Waals surface area contributed by atoms with Crippen molar-refractivity contribution in [2.24, 2.45) is 0 Å². The van der Waals surface area contributed by atoms with Crippen LogP contribution in [0.1, 0.15) is 36.8 Å². The average molecular weight is 448 g/mol. The molecule has 6 nitrogen and oxygen atoms in total. The number of fused-ring (bicyclic) bond motifs is 1. The monoisotopic (exact) mass is 447 g/mol. The lowest BCUT2D eigenvalue weighted by molar-refractivity contribution is -0.135. The molecule has 2 heterocycles. The van der Waals surface area contributed by atoms with Gasteiger partial charge in [-0.3, -0.25) is 4.79 Å². The van der Waals surface area contributed by atoms with E-state index in [0.717, 1.165) is 30.7 Å². The predicted octanol–water partition coefficient (Wildman–Crippen LogP) is 4.07. The van der Waals surface area contributed by atoms with Crippen molar-refractivity contribution >= 4 is 16.8 Å². The Kier molecular flexibility index (Phi) is 6.38. The fourth-order valence-corrected chi connectivity index (χ4v) is 5.37. The Morgan fingerprint density at radius 2 is 1.79 bits per heavy atom. The Morgan fingerprint density at radius 1 is 1.06 bits per heavy atom.